The minimum absolute atomic E-state index is 0.0265. The van der Waals surface area contributed by atoms with E-state index in [1.54, 1.807) is 11.3 Å². The van der Waals surface area contributed by atoms with Crippen molar-refractivity contribution in [3.05, 3.63) is 75.3 Å². The highest BCUT2D eigenvalue weighted by atomic mass is 79.9. The van der Waals surface area contributed by atoms with Crippen LogP contribution in [0.2, 0.25) is 0 Å². The third-order valence-electron chi connectivity index (χ3n) is 4.60. The molecule has 2 aliphatic rings. The lowest BCUT2D eigenvalue weighted by molar-refractivity contribution is -0.117. The van der Waals surface area contributed by atoms with Crippen LogP contribution in [0.4, 0.5) is 0 Å². The number of halogens is 1. The van der Waals surface area contributed by atoms with Crippen LogP contribution < -0.4 is 5.32 Å². The molecule has 1 aromatic carbocycles. The summed E-state index contributed by atoms with van der Waals surface area (Å²) in [5.41, 5.74) is 4.24. The molecular weight excluding hydrogens is 394 g/mol. The van der Waals surface area contributed by atoms with E-state index in [0.717, 1.165) is 47.0 Å². The van der Waals surface area contributed by atoms with Gasteiger partial charge in [-0.05, 0) is 41.6 Å². The Morgan fingerprint density at radius 1 is 1.12 bits per heavy atom. The minimum Gasteiger partial charge on any atom is -0.325 e. The molecule has 1 N–H and O–H groups in total. The summed E-state index contributed by atoms with van der Waals surface area (Å²) in [6, 6.07) is 8.44. The molecule has 0 atom stereocenters. The average Bonchev–Trinajstić information content (AvgIpc) is 3.07. The molecule has 4 rings (SSSR count). The summed E-state index contributed by atoms with van der Waals surface area (Å²) in [5, 5.41) is 6.64. The smallest absolute Gasteiger partial charge is 0.251 e. The van der Waals surface area contributed by atoms with E-state index in [4.69, 9.17) is 0 Å². The van der Waals surface area contributed by atoms with Crippen LogP contribution in [-0.4, -0.2) is 5.91 Å². The zero-order chi connectivity index (χ0) is 17.2. The van der Waals surface area contributed by atoms with Crippen LogP contribution >= 0.6 is 27.3 Å². The number of fused-ring (bicyclic) bond motifs is 1. The summed E-state index contributed by atoms with van der Waals surface area (Å²) in [7, 11) is 0. The topological polar surface area (TPSA) is 29.1 Å². The van der Waals surface area contributed by atoms with Crippen LogP contribution in [0.3, 0.4) is 0 Å². The monoisotopic (exact) mass is 411 g/mol. The number of benzene rings is 1. The summed E-state index contributed by atoms with van der Waals surface area (Å²) in [5.74, 6) is 0.0265. The maximum Gasteiger partial charge on any atom is 0.251 e. The molecule has 1 heterocycles. The van der Waals surface area contributed by atoms with Gasteiger partial charge < -0.3 is 5.32 Å². The molecule has 126 valence electrons. The number of hydrogen-bond donors (Lipinski definition) is 1. The molecule has 0 unspecified atom stereocenters. The Labute approximate surface area is 159 Å². The molecular formula is C21H18BrNOS. The van der Waals surface area contributed by atoms with Crippen LogP contribution in [0.25, 0.3) is 15.7 Å². The molecule has 0 saturated carbocycles. The highest BCUT2D eigenvalue weighted by Gasteiger charge is 2.18. The summed E-state index contributed by atoms with van der Waals surface area (Å²) >= 11 is 5.24. The van der Waals surface area contributed by atoms with Crippen LogP contribution in [0.15, 0.2) is 69.7 Å². The Morgan fingerprint density at radius 3 is 2.84 bits per heavy atom. The van der Waals surface area contributed by atoms with Crippen molar-refractivity contribution < 1.29 is 4.79 Å². The second-order valence-corrected chi connectivity index (χ2v) is 8.17. The minimum atomic E-state index is 0.0265. The molecule has 2 aliphatic carbocycles. The van der Waals surface area contributed by atoms with E-state index in [1.807, 2.05) is 12.2 Å². The lowest BCUT2D eigenvalue weighted by Crippen LogP contribution is -2.26. The Balaban J connectivity index is 1.68. The maximum absolute atomic E-state index is 12.7. The molecule has 1 aromatic heterocycles. The number of carbonyl (C=O) groups excluding carboxylic acids is 1. The van der Waals surface area contributed by atoms with Gasteiger partial charge in [0.05, 0.1) is 0 Å². The van der Waals surface area contributed by atoms with E-state index in [0.29, 0.717) is 0 Å². The molecule has 0 saturated heterocycles. The number of allylic oxidation sites excluding steroid dienone is 7. The fraction of sp³-hybridized carbons (Fsp3) is 0.190. The lowest BCUT2D eigenvalue weighted by Gasteiger charge is -2.19. The van der Waals surface area contributed by atoms with Gasteiger partial charge in [0.25, 0.3) is 5.91 Å². The summed E-state index contributed by atoms with van der Waals surface area (Å²) in [6.07, 6.45) is 11.7. The van der Waals surface area contributed by atoms with E-state index < -0.39 is 0 Å². The first-order valence-corrected chi connectivity index (χ1v) is 10.1. The molecule has 2 nitrogen and oxygen atoms in total. The third-order valence-corrected chi connectivity index (χ3v) is 6.22. The van der Waals surface area contributed by atoms with E-state index in [2.05, 4.69) is 63.0 Å². The molecule has 0 bridgehead atoms. The lowest BCUT2D eigenvalue weighted by atomic mass is 9.95. The van der Waals surface area contributed by atoms with Crippen molar-refractivity contribution in [2.45, 2.75) is 25.7 Å². The van der Waals surface area contributed by atoms with Crippen LogP contribution in [0.5, 0.6) is 0 Å². The first-order chi connectivity index (χ1) is 12.2. The molecule has 2 aromatic rings. The Hall–Kier alpha value is -1.91. The van der Waals surface area contributed by atoms with Crippen LogP contribution in [-0.2, 0) is 4.79 Å². The first kappa shape index (κ1) is 16.6. The normalized spacial score (nSPS) is 17.5. The number of rotatable bonds is 3. The van der Waals surface area contributed by atoms with E-state index >= 15 is 0 Å². The van der Waals surface area contributed by atoms with Crippen LogP contribution in [0, 0.1) is 0 Å². The van der Waals surface area contributed by atoms with Gasteiger partial charge in [0, 0.05) is 32.5 Å². The number of thiophene rings is 1. The van der Waals surface area contributed by atoms with Crippen LogP contribution in [0.1, 0.15) is 31.2 Å². The van der Waals surface area contributed by atoms with Crippen molar-refractivity contribution in [1.82, 2.24) is 5.32 Å². The Morgan fingerprint density at radius 2 is 2.00 bits per heavy atom. The maximum atomic E-state index is 12.7. The standard InChI is InChI=1S/C21H18BrNOS/c22-15-11-9-14(10-12-15)21(24)23-19-7-3-1-5-16(19)18-13-25-20-8-4-2-6-17(18)20/h1-2,4-6,8-9,11,13H,3,7,10,12H2,(H,23,24). The number of nitrogens with one attached hydrogen (secondary N) is 1. The van der Waals surface area contributed by atoms with Crippen molar-refractivity contribution in [1.29, 1.82) is 0 Å². The predicted molar refractivity (Wildman–Crippen MR) is 110 cm³/mol. The van der Waals surface area contributed by atoms with Crippen molar-refractivity contribution in [2.24, 2.45) is 0 Å². The van der Waals surface area contributed by atoms with E-state index in [-0.39, 0.29) is 5.91 Å². The van der Waals surface area contributed by atoms with E-state index in [1.165, 1.54) is 15.6 Å². The molecule has 0 radical (unpaired) electrons. The molecule has 25 heavy (non-hydrogen) atoms. The van der Waals surface area contributed by atoms with Gasteiger partial charge in [0.1, 0.15) is 0 Å². The van der Waals surface area contributed by atoms with Gasteiger partial charge in [0.2, 0.25) is 0 Å². The van der Waals surface area contributed by atoms with Crippen molar-refractivity contribution >= 4 is 48.8 Å². The quantitative estimate of drug-likeness (QED) is 0.651. The highest BCUT2D eigenvalue weighted by Crippen LogP contribution is 2.35. The molecule has 4 heteroatoms. The molecule has 0 fully saturated rings. The summed E-state index contributed by atoms with van der Waals surface area (Å²) in [4.78, 5) is 12.7. The zero-order valence-corrected chi connectivity index (χ0v) is 16.1. The fourth-order valence-corrected chi connectivity index (χ4v) is 4.54. The fourth-order valence-electron chi connectivity index (χ4n) is 3.25. The Kier molecular flexibility index (Phi) is 4.73. The zero-order valence-electron chi connectivity index (χ0n) is 13.7. The summed E-state index contributed by atoms with van der Waals surface area (Å²) in [6.45, 7) is 0. The summed E-state index contributed by atoms with van der Waals surface area (Å²) < 4.78 is 2.42. The number of amides is 1. The second-order valence-electron chi connectivity index (χ2n) is 6.24. The SMILES string of the molecule is O=C(NC1=C(c2csc3ccccc23)C=CCC1)C1=CC=C(Br)CC1. The van der Waals surface area contributed by atoms with Crippen molar-refractivity contribution in [2.75, 3.05) is 0 Å². The molecule has 1 amide bonds. The number of carbonyl (C=O) groups is 1. The largest absolute Gasteiger partial charge is 0.325 e. The van der Waals surface area contributed by atoms with Gasteiger partial charge in [-0.3, -0.25) is 4.79 Å². The average molecular weight is 412 g/mol. The highest BCUT2D eigenvalue weighted by molar-refractivity contribution is 9.11. The van der Waals surface area contributed by atoms with Gasteiger partial charge in [-0.2, -0.15) is 0 Å². The van der Waals surface area contributed by atoms with Gasteiger partial charge in [0.15, 0.2) is 0 Å². The first-order valence-electron chi connectivity index (χ1n) is 8.45. The van der Waals surface area contributed by atoms with Gasteiger partial charge in [-0.1, -0.05) is 58.4 Å². The van der Waals surface area contributed by atoms with Gasteiger partial charge in [-0.15, -0.1) is 11.3 Å². The molecule has 0 aliphatic heterocycles. The molecule has 0 spiro atoms. The Bertz CT molecular complexity index is 961. The second kappa shape index (κ2) is 7.14. The van der Waals surface area contributed by atoms with E-state index in [9.17, 15) is 4.79 Å². The number of hydrogen-bond acceptors (Lipinski definition) is 2. The third kappa shape index (κ3) is 3.42. The predicted octanol–water partition coefficient (Wildman–Crippen LogP) is 6.08. The van der Waals surface area contributed by atoms with Crippen molar-refractivity contribution in [3.63, 3.8) is 0 Å². The van der Waals surface area contributed by atoms with Crippen molar-refractivity contribution in [3.8, 4) is 0 Å². The van der Waals surface area contributed by atoms with Gasteiger partial charge >= 0.3 is 0 Å². The van der Waals surface area contributed by atoms with Gasteiger partial charge in [-0.25, -0.2) is 0 Å².